The first-order chi connectivity index (χ1) is 15.8. The fraction of sp³-hybridized carbons (Fsp3) is 0.217. The number of amides is 2. The Kier molecular flexibility index (Phi) is 7.64. The van der Waals surface area contributed by atoms with Crippen molar-refractivity contribution in [3.8, 4) is 0 Å². The first kappa shape index (κ1) is 24.2. The monoisotopic (exact) mass is 470 g/mol. The maximum Gasteiger partial charge on any atom is 0.307 e. The van der Waals surface area contributed by atoms with Gasteiger partial charge in [-0.05, 0) is 30.7 Å². The van der Waals surface area contributed by atoms with Crippen LogP contribution in [0.25, 0.3) is 17.0 Å². The molecule has 2 amide bonds. The van der Waals surface area contributed by atoms with Crippen molar-refractivity contribution in [1.82, 2.24) is 18.9 Å². The highest BCUT2D eigenvalue weighted by molar-refractivity contribution is 7.87. The summed E-state index contributed by atoms with van der Waals surface area (Å²) in [5, 5.41) is 14.9. The molecule has 9 nitrogen and oxygen atoms in total. The van der Waals surface area contributed by atoms with E-state index in [1.165, 1.54) is 26.4 Å². The van der Waals surface area contributed by atoms with Gasteiger partial charge in [-0.1, -0.05) is 36.4 Å². The number of benzene rings is 2. The van der Waals surface area contributed by atoms with E-state index >= 15 is 0 Å². The van der Waals surface area contributed by atoms with Crippen molar-refractivity contribution in [3.05, 3.63) is 77.6 Å². The molecule has 0 saturated carbocycles. The third-order valence-electron chi connectivity index (χ3n) is 4.87. The van der Waals surface area contributed by atoms with Crippen LogP contribution in [-0.4, -0.2) is 60.9 Å². The summed E-state index contributed by atoms with van der Waals surface area (Å²) >= 11 is 0. The molecule has 174 valence electrons. The van der Waals surface area contributed by atoms with Gasteiger partial charge in [0.25, 0.3) is 11.8 Å². The molecule has 2 aromatic carbocycles. The Labute approximate surface area is 192 Å². The van der Waals surface area contributed by atoms with Crippen LogP contribution in [0, 0.1) is 0 Å². The topological polar surface area (TPSA) is 121 Å². The number of aliphatic hydroxyl groups is 1. The van der Waals surface area contributed by atoms with Crippen LogP contribution in [0.5, 0.6) is 0 Å². The molecule has 0 bridgehead atoms. The molecule has 3 aromatic rings. The summed E-state index contributed by atoms with van der Waals surface area (Å²) in [6, 6.07) is 15.3. The Bertz CT molecular complexity index is 1280. The largest absolute Gasteiger partial charge is 0.396 e. The Morgan fingerprint density at radius 3 is 2.39 bits per heavy atom. The molecule has 0 aliphatic rings. The summed E-state index contributed by atoms with van der Waals surface area (Å²) in [5.74, 6) is -1.04. The van der Waals surface area contributed by atoms with Gasteiger partial charge in [-0.15, -0.1) is 0 Å². The number of nitrogens with one attached hydrogen (secondary N) is 2. The van der Waals surface area contributed by atoms with Crippen molar-refractivity contribution in [2.24, 2.45) is 0 Å². The van der Waals surface area contributed by atoms with E-state index < -0.39 is 22.0 Å². The van der Waals surface area contributed by atoms with Crippen LogP contribution in [-0.2, 0) is 15.0 Å². The Balaban J connectivity index is 2.08. The maximum atomic E-state index is 12.8. The molecule has 0 spiro atoms. The van der Waals surface area contributed by atoms with Gasteiger partial charge in [-0.3, -0.25) is 9.59 Å². The van der Waals surface area contributed by atoms with Gasteiger partial charge in [0, 0.05) is 50.0 Å². The number of aliphatic hydroxyl groups excluding tert-OH is 1. The van der Waals surface area contributed by atoms with Gasteiger partial charge in [-0.25, -0.2) is 3.97 Å². The van der Waals surface area contributed by atoms with Gasteiger partial charge in [0.15, 0.2) is 0 Å². The molecular weight excluding hydrogens is 444 g/mol. The molecule has 0 radical (unpaired) electrons. The first-order valence-corrected chi connectivity index (χ1v) is 11.7. The zero-order valence-corrected chi connectivity index (χ0v) is 19.2. The molecule has 33 heavy (non-hydrogen) atoms. The molecule has 1 aromatic heterocycles. The molecule has 0 fully saturated rings. The average molecular weight is 471 g/mol. The van der Waals surface area contributed by atoms with E-state index in [4.69, 9.17) is 5.11 Å². The molecule has 0 aliphatic carbocycles. The Morgan fingerprint density at radius 1 is 1.06 bits per heavy atom. The van der Waals surface area contributed by atoms with E-state index in [1.54, 1.807) is 54.6 Å². The van der Waals surface area contributed by atoms with Gasteiger partial charge in [0.05, 0.1) is 5.52 Å². The van der Waals surface area contributed by atoms with Crippen molar-refractivity contribution in [2.75, 3.05) is 27.2 Å². The van der Waals surface area contributed by atoms with Crippen LogP contribution in [0.1, 0.15) is 22.3 Å². The van der Waals surface area contributed by atoms with E-state index in [2.05, 4.69) is 10.6 Å². The smallest absolute Gasteiger partial charge is 0.307 e. The number of carbonyl (C=O) groups is 2. The van der Waals surface area contributed by atoms with Crippen LogP contribution in [0.2, 0.25) is 0 Å². The van der Waals surface area contributed by atoms with Gasteiger partial charge < -0.3 is 15.7 Å². The van der Waals surface area contributed by atoms with E-state index in [9.17, 15) is 18.0 Å². The highest BCUT2D eigenvalue weighted by atomic mass is 32.2. The molecule has 3 rings (SSSR count). The van der Waals surface area contributed by atoms with Crippen molar-refractivity contribution in [1.29, 1.82) is 0 Å². The minimum atomic E-state index is -3.82. The summed E-state index contributed by atoms with van der Waals surface area (Å²) in [6.45, 7) is 0.121. The summed E-state index contributed by atoms with van der Waals surface area (Å²) < 4.78 is 27.8. The van der Waals surface area contributed by atoms with Gasteiger partial charge >= 0.3 is 10.2 Å². The number of carbonyl (C=O) groups excluding carboxylic acids is 2. The molecule has 0 aliphatic heterocycles. The lowest BCUT2D eigenvalue weighted by Crippen LogP contribution is -2.35. The number of aromatic nitrogens is 1. The number of rotatable bonds is 9. The first-order valence-electron chi connectivity index (χ1n) is 10.3. The molecule has 0 saturated heterocycles. The summed E-state index contributed by atoms with van der Waals surface area (Å²) in [7, 11) is -0.957. The van der Waals surface area contributed by atoms with Crippen LogP contribution < -0.4 is 10.6 Å². The number of nitrogens with zero attached hydrogens (tertiary/aromatic N) is 2. The van der Waals surface area contributed by atoms with Crippen LogP contribution in [0.4, 0.5) is 0 Å². The Hall–Kier alpha value is -3.47. The highest BCUT2D eigenvalue weighted by Crippen LogP contribution is 2.25. The zero-order valence-electron chi connectivity index (χ0n) is 18.4. The second kappa shape index (κ2) is 10.4. The molecule has 1 heterocycles. The van der Waals surface area contributed by atoms with E-state index in [0.29, 0.717) is 28.5 Å². The number of hydrogen-bond donors (Lipinski definition) is 3. The minimum Gasteiger partial charge on any atom is -0.396 e. The third-order valence-corrected chi connectivity index (χ3v) is 6.59. The molecule has 3 N–H and O–H groups in total. The highest BCUT2D eigenvalue weighted by Gasteiger charge is 2.22. The Morgan fingerprint density at radius 2 is 1.73 bits per heavy atom. The normalized spacial score (nSPS) is 12.2. The number of para-hydroxylation sites is 1. The maximum absolute atomic E-state index is 12.8. The van der Waals surface area contributed by atoms with Crippen molar-refractivity contribution >= 4 is 39.0 Å². The quantitative estimate of drug-likeness (QED) is 0.324. The number of hydrogen-bond acceptors (Lipinski definition) is 5. The SMILES string of the molecule is CN(C)S(=O)(=O)n1cc(/C=C(\NC(=O)c2ccccc2)C(=O)NCCCO)c2ccccc21. The summed E-state index contributed by atoms with van der Waals surface area (Å²) in [5.41, 5.74) is 1.19. The predicted octanol–water partition coefficient (Wildman–Crippen LogP) is 1.57. The van der Waals surface area contributed by atoms with Crippen LogP contribution in [0.3, 0.4) is 0 Å². The lowest BCUT2D eigenvalue weighted by Gasteiger charge is -2.13. The fourth-order valence-electron chi connectivity index (χ4n) is 3.13. The standard InChI is InChI=1S/C23H26N4O5S/c1-26(2)33(31,32)27-16-18(19-11-6-7-12-21(19)27)15-20(23(30)24-13-8-14-28)25-22(29)17-9-4-3-5-10-17/h3-7,9-12,15-16,28H,8,13-14H2,1-2H3,(H,24,30)(H,25,29)/b20-15-. The van der Waals surface area contributed by atoms with E-state index in [0.717, 1.165) is 8.28 Å². The molecule has 0 unspecified atom stereocenters. The molecule has 10 heteroatoms. The van der Waals surface area contributed by atoms with Gasteiger partial charge in [-0.2, -0.15) is 12.7 Å². The second-order valence-corrected chi connectivity index (χ2v) is 9.42. The molecule has 0 atom stereocenters. The van der Waals surface area contributed by atoms with Gasteiger partial charge in [0.2, 0.25) is 0 Å². The van der Waals surface area contributed by atoms with Crippen molar-refractivity contribution in [2.45, 2.75) is 6.42 Å². The predicted molar refractivity (Wildman–Crippen MR) is 127 cm³/mol. The lowest BCUT2D eigenvalue weighted by atomic mass is 10.1. The minimum absolute atomic E-state index is 0.0491. The van der Waals surface area contributed by atoms with Crippen molar-refractivity contribution < 1.29 is 23.1 Å². The second-order valence-electron chi connectivity index (χ2n) is 7.40. The van der Waals surface area contributed by atoms with Crippen LogP contribution in [0.15, 0.2) is 66.5 Å². The average Bonchev–Trinajstić information content (AvgIpc) is 3.18. The summed E-state index contributed by atoms with van der Waals surface area (Å²) in [4.78, 5) is 25.5. The zero-order chi connectivity index (χ0) is 24.0. The fourth-order valence-corrected chi connectivity index (χ4v) is 4.14. The number of fused-ring (bicyclic) bond motifs is 1. The third kappa shape index (κ3) is 5.48. The lowest BCUT2D eigenvalue weighted by molar-refractivity contribution is -0.117. The van der Waals surface area contributed by atoms with E-state index in [-0.39, 0.29) is 18.8 Å². The van der Waals surface area contributed by atoms with Crippen LogP contribution >= 0.6 is 0 Å². The van der Waals surface area contributed by atoms with Crippen molar-refractivity contribution in [3.63, 3.8) is 0 Å². The van der Waals surface area contributed by atoms with Gasteiger partial charge in [0.1, 0.15) is 5.70 Å². The summed E-state index contributed by atoms with van der Waals surface area (Å²) in [6.07, 6.45) is 3.21. The molecular formula is C23H26N4O5S. The van der Waals surface area contributed by atoms with E-state index in [1.807, 2.05) is 0 Å².